The maximum absolute atomic E-state index is 13.0. The Morgan fingerprint density at radius 3 is 2.83 bits per heavy atom. The van der Waals surface area contributed by atoms with Gasteiger partial charge in [-0.25, -0.2) is 4.98 Å². The summed E-state index contributed by atoms with van der Waals surface area (Å²) in [4.78, 5) is 18.0. The molecule has 2 atom stereocenters. The lowest BCUT2D eigenvalue weighted by Gasteiger charge is -2.20. The van der Waals surface area contributed by atoms with Gasteiger partial charge in [0, 0.05) is 26.2 Å². The molecule has 1 aromatic carbocycles. The molecule has 1 aliphatic rings. The number of nitrogens with one attached hydrogen (secondary N) is 1. The number of hydrogen-bond donors (Lipinski definition) is 1. The summed E-state index contributed by atoms with van der Waals surface area (Å²) >= 11 is 0. The first-order chi connectivity index (χ1) is 11.4. The number of carbonyl (C=O) groups excluding carboxylic acids is 1. The van der Waals surface area contributed by atoms with E-state index in [2.05, 4.69) is 10.3 Å². The second-order valence-electron chi connectivity index (χ2n) is 6.19. The molecule has 8 heteroatoms. The predicted molar refractivity (Wildman–Crippen MR) is 83.3 cm³/mol. The number of rotatable bonds is 4. The number of imidazole rings is 1. The van der Waals surface area contributed by atoms with Crippen LogP contribution in [0.2, 0.25) is 0 Å². The normalized spacial score (nSPS) is 22.2. The van der Waals surface area contributed by atoms with Gasteiger partial charge in [-0.2, -0.15) is 13.2 Å². The number of nitrogens with zero attached hydrogens (tertiary/aromatic N) is 3. The van der Waals surface area contributed by atoms with Crippen LogP contribution in [-0.4, -0.2) is 53.2 Å². The third-order valence-corrected chi connectivity index (χ3v) is 4.44. The van der Waals surface area contributed by atoms with Crippen molar-refractivity contribution < 1.29 is 18.0 Å². The van der Waals surface area contributed by atoms with Crippen molar-refractivity contribution >= 4 is 16.9 Å². The van der Waals surface area contributed by atoms with E-state index in [0.29, 0.717) is 6.54 Å². The molecule has 130 valence electrons. The lowest BCUT2D eigenvalue weighted by atomic mass is 9.94. The number of para-hydroxylation sites is 2. The molecule has 1 amide bonds. The summed E-state index contributed by atoms with van der Waals surface area (Å²) in [5.74, 6) is -3.18. The van der Waals surface area contributed by atoms with E-state index in [4.69, 9.17) is 0 Å². The van der Waals surface area contributed by atoms with E-state index >= 15 is 0 Å². The van der Waals surface area contributed by atoms with Gasteiger partial charge in [-0.1, -0.05) is 12.1 Å². The van der Waals surface area contributed by atoms with Gasteiger partial charge in [-0.05, 0) is 19.2 Å². The average molecular weight is 340 g/mol. The summed E-state index contributed by atoms with van der Waals surface area (Å²) in [6.07, 6.45) is -2.69. The number of alkyl halides is 3. The van der Waals surface area contributed by atoms with Crippen molar-refractivity contribution in [2.75, 3.05) is 26.7 Å². The first-order valence-electron chi connectivity index (χ1n) is 7.79. The molecule has 0 unspecified atom stereocenters. The van der Waals surface area contributed by atoms with E-state index in [0.717, 1.165) is 11.0 Å². The SMILES string of the molecule is CN1C[C@@H](C(F)(F)F)[C@H](C(=O)NCCn2cnc3ccccc32)C1. The smallest absolute Gasteiger partial charge is 0.354 e. The topological polar surface area (TPSA) is 50.2 Å². The second kappa shape index (κ2) is 6.43. The standard InChI is InChI=1S/C16H19F3N4O/c1-22-8-11(12(9-22)16(17,18)19)15(24)20-6-7-23-10-21-13-4-2-3-5-14(13)23/h2-5,10-12H,6-9H2,1H3,(H,20,24)/t11-,12-/m1/s1. The molecule has 0 spiro atoms. The van der Waals surface area contributed by atoms with Crippen molar-refractivity contribution in [1.29, 1.82) is 0 Å². The van der Waals surface area contributed by atoms with E-state index in [-0.39, 0.29) is 19.6 Å². The monoisotopic (exact) mass is 340 g/mol. The van der Waals surface area contributed by atoms with Gasteiger partial charge >= 0.3 is 6.18 Å². The number of halogens is 3. The summed E-state index contributed by atoms with van der Waals surface area (Å²) in [7, 11) is 1.60. The van der Waals surface area contributed by atoms with Crippen molar-refractivity contribution in [3.63, 3.8) is 0 Å². The molecule has 1 aromatic heterocycles. The zero-order valence-electron chi connectivity index (χ0n) is 13.3. The Labute approximate surface area is 137 Å². The van der Waals surface area contributed by atoms with Crippen LogP contribution >= 0.6 is 0 Å². The summed E-state index contributed by atoms with van der Waals surface area (Å²) in [5.41, 5.74) is 1.78. The Morgan fingerprint density at radius 2 is 2.08 bits per heavy atom. The number of amides is 1. The fourth-order valence-electron chi connectivity index (χ4n) is 3.22. The molecular weight excluding hydrogens is 321 g/mol. The Hall–Kier alpha value is -2.09. The van der Waals surface area contributed by atoms with Crippen molar-refractivity contribution in [3.8, 4) is 0 Å². The molecule has 24 heavy (non-hydrogen) atoms. The number of hydrogen-bond acceptors (Lipinski definition) is 3. The van der Waals surface area contributed by atoms with Gasteiger partial charge in [-0.15, -0.1) is 0 Å². The first kappa shape index (κ1) is 16.8. The Morgan fingerprint density at radius 1 is 1.33 bits per heavy atom. The highest BCUT2D eigenvalue weighted by Gasteiger charge is 2.51. The zero-order valence-corrected chi connectivity index (χ0v) is 13.3. The lowest BCUT2D eigenvalue weighted by Crippen LogP contribution is -2.41. The highest BCUT2D eigenvalue weighted by Crippen LogP contribution is 2.37. The molecule has 0 saturated carbocycles. The number of carbonyl (C=O) groups is 1. The summed E-state index contributed by atoms with van der Waals surface area (Å²) < 4.78 is 41.0. The molecule has 3 rings (SSSR count). The van der Waals surface area contributed by atoms with Gasteiger partial charge in [-0.3, -0.25) is 4.79 Å². The van der Waals surface area contributed by atoms with E-state index in [1.165, 1.54) is 0 Å². The molecule has 2 heterocycles. The van der Waals surface area contributed by atoms with Crippen molar-refractivity contribution in [1.82, 2.24) is 19.8 Å². The summed E-state index contributed by atoms with van der Waals surface area (Å²) in [5, 5.41) is 2.64. The quantitative estimate of drug-likeness (QED) is 0.925. The Bertz CT molecular complexity index is 727. The van der Waals surface area contributed by atoms with Gasteiger partial charge in [0.05, 0.1) is 29.2 Å². The fraction of sp³-hybridized carbons (Fsp3) is 0.500. The minimum Gasteiger partial charge on any atom is -0.354 e. The van der Waals surface area contributed by atoms with Gasteiger partial charge in [0.15, 0.2) is 0 Å². The molecule has 0 bridgehead atoms. The van der Waals surface area contributed by atoms with Crippen LogP contribution in [0.5, 0.6) is 0 Å². The Balaban J connectivity index is 1.59. The van der Waals surface area contributed by atoms with Crippen LogP contribution in [-0.2, 0) is 11.3 Å². The molecule has 1 saturated heterocycles. The zero-order chi connectivity index (χ0) is 17.3. The van der Waals surface area contributed by atoms with Crippen LogP contribution in [0.1, 0.15) is 0 Å². The maximum Gasteiger partial charge on any atom is 0.393 e. The maximum atomic E-state index is 13.0. The fourth-order valence-corrected chi connectivity index (χ4v) is 3.22. The van der Waals surface area contributed by atoms with Gasteiger partial charge in [0.1, 0.15) is 0 Å². The number of fused-ring (bicyclic) bond motifs is 1. The third kappa shape index (κ3) is 3.38. The van der Waals surface area contributed by atoms with E-state index in [1.807, 2.05) is 28.8 Å². The minimum absolute atomic E-state index is 0.129. The molecule has 0 radical (unpaired) electrons. The summed E-state index contributed by atoms with van der Waals surface area (Å²) in [6.45, 7) is 0.729. The van der Waals surface area contributed by atoms with Crippen LogP contribution in [0.3, 0.4) is 0 Å². The van der Waals surface area contributed by atoms with Crippen LogP contribution in [0.4, 0.5) is 13.2 Å². The van der Waals surface area contributed by atoms with Gasteiger partial charge in [0.25, 0.3) is 0 Å². The van der Waals surface area contributed by atoms with Crippen molar-refractivity contribution in [3.05, 3.63) is 30.6 Å². The number of likely N-dealkylation sites (tertiary alicyclic amines) is 1. The van der Waals surface area contributed by atoms with Gasteiger partial charge in [0.2, 0.25) is 5.91 Å². The molecular formula is C16H19F3N4O. The molecule has 5 nitrogen and oxygen atoms in total. The first-order valence-corrected chi connectivity index (χ1v) is 7.79. The molecule has 2 aromatic rings. The van der Waals surface area contributed by atoms with Crippen molar-refractivity contribution in [2.45, 2.75) is 12.7 Å². The number of benzene rings is 1. The van der Waals surface area contributed by atoms with Crippen molar-refractivity contribution in [2.24, 2.45) is 11.8 Å². The van der Waals surface area contributed by atoms with E-state index < -0.39 is 23.9 Å². The van der Waals surface area contributed by atoms with E-state index in [9.17, 15) is 18.0 Å². The largest absolute Gasteiger partial charge is 0.393 e. The predicted octanol–water partition coefficient (Wildman–Crippen LogP) is 1.89. The highest BCUT2D eigenvalue weighted by atomic mass is 19.4. The van der Waals surface area contributed by atoms with Crippen LogP contribution in [0, 0.1) is 11.8 Å². The van der Waals surface area contributed by atoms with E-state index in [1.54, 1.807) is 18.3 Å². The molecule has 0 aliphatic carbocycles. The number of aromatic nitrogens is 2. The second-order valence-corrected chi connectivity index (χ2v) is 6.19. The van der Waals surface area contributed by atoms with Crippen LogP contribution in [0.25, 0.3) is 11.0 Å². The lowest BCUT2D eigenvalue weighted by molar-refractivity contribution is -0.183. The highest BCUT2D eigenvalue weighted by molar-refractivity contribution is 5.79. The Kier molecular flexibility index (Phi) is 4.49. The minimum atomic E-state index is -4.35. The van der Waals surface area contributed by atoms with Gasteiger partial charge < -0.3 is 14.8 Å². The molecule has 1 aliphatic heterocycles. The van der Waals surface area contributed by atoms with Crippen LogP contribution in [0.15, 0.2) is 30.6 Å². The average Bonchev–Trinajstić information content (AvgIpc) is 3.11. The molecule has 1 N–H and O–H groups in total. The third-order valence-electron chi connectivity index (χ3n) is 4.44. The summed E-state index contributed by atoms with van der Waals surface area (Å²) in [6, 6.07) is 7.57. The molecule has 1 fully saturated rings. The van der Waals surface area contributed by atoms with Crippen LogP contribution < -0.4 is 5.32 Å².